The maximum atomic E-state index is 12.9. The number of rotatable bonds is 3. The quantitative estimate of drug-likeness (QED) is 0.594. The third kappa shape index (κ3) is 4.23. The van der Waals surface area contributed by atoms with Crippen LogP contribution in [0.4, 0.5) is 24.5 Å². The van der Waals surface area contributed by atoms with Crippen LogP contribution in [0.3, 0.4) is 0 Å². The normalized spacial score (nSPS) is 15.5. The summed E-state index contributed by atoms with van der Waals surface area (Å²) in [5.74, 6) is -0.231. The van der Waals surface area contributed by atoms with Crippen molar-refractivity contribution < 1.29 is 27.5 Å². The van der Waals surface area contributed by atoms with Gasteiger partial charge in [0.15, 0.2) is 6.10 Å². The van der Waals surface area contributed by atoms with Crippen LogP contribution in [-0.4, -0.2) is 17.9 Å². The molecule has 0 radical (unpaired) electrons. The molecule has 0 unspecified atom stereocenters. The molecule has 3 aromatic rings. The van der Waals surface area contributed by atoms with E-state index < -0.39 is 23.8 Å². The Bertz CT molecular complexity index is 1160. The van der Waals surface area contributed by atoms with Crippen LogP contribution in [0.1, 0.15) is 22.8 Å². The van der Waals surface area contributed by atoms with Crippen LogP contribution in [0, 0.1) is 0 Å². The van der Waals surface area contributed by atoms with E-state index in [9.17, 15) is 22.8 Å². The molecule has 31 heavy (non-hydrogen) atoms. The first kappa shape index (κ1) is 20.5. The van der Waals surface area contributed by atoms with Crippen molar-refractivity contribution in [1.29, 1.82) is 0 Å². The van der Waals surface area contributed by atoms with E-state index in [-0.39, 0.29) is 5.91 Å². The number of anilines is 2. The zero-order valence-electron chi connectivity index (χ0n) is 16.3. The smallest absolute Gasteiger partial charge is 0.416 e. The number of fused-ring (bicyclic) bond motifs is 1. The number of ether oxygens (including phenoxy) is 1. The van der Waals surface area contributed by atoms with Crippen molar-refractivity contribution >= 4 is 23.2 Å². The number of benzene rings is 3. The molecular weight excluding hydrogens is 409 g/mol. The zero-order valence-corrected chi connectivity index (χ0v) is 16.3. The summed E-state index contributed by atoms with van der Waals surface area (Å²) in [6.45, 7) is 1.63. The summed E-state index contributed by atoms with van der Waals surface area (Å²) in [5, 5.41) is 5.46. The fourth-order valence-electron chi connectivity index (χ4n) is 3.26. The van der Waals surface area contributed by atoms with Gasteiger partial charge in [0.1, 0.15) is 5.75 Å². The SMILES string of the molecule is C[C@@H]1Oc2ccc(NC(=O)c3ccccc3-c3ccc(C(F)(F)F)cc3)cc2NC1=O. The van der Waals surface area contributed by atoms with Gasteiger partial charge in [0.05, 0.1) is 11.3 Å². The molecule has 8 heteroatoms. The Morgan fingerprint density at radius 3 is 2.45 bits per heavy atom. The van der Waals surface area contributed by atoms with Gasteiger partial charge in [0.2, 0.25) is 0 Å². The Hall–Kier alpha value is -3.81. The number of hydrogen-bond acceptors (Lipinski definition) is 3. The van der Waals surface area contributed by atoms with Crippen LogP contribution >= 0.6 is 0 Å². The zero-order chi connectivity index (χ0) is 22.2. The van der Waals surface area contributed by atoms with Gasteiger partial charge in [-0.05, 0) is 54.4 Å². The van der Waals surface area contributed by atoms with E-state index in [1.165, 1.54) is 12.1 Å². The molecule has 4 rings (SSSR count). The molecule has 0 fully saturated rings. The van der Waals surface area contributed by atoms with E-state index in [2.05, 4.69) is 10.6 Å². The monoisotopic (exact) mass is 426 g/mol. The average Bonchev–Trinajstić information content (AvgIpc) is 2.74. The molecule has 0 saturated carbocycles. The molecule has 0 bridgehead atoms. The van der Waals surface area contributed by atoms with E-state index in [1.807, 2.05) is 0 Å². The van der Waals surface area contributed by atoms with E-state index in [0.717, 1.165) is 12.1 Å². The number of carbonyl (C=O) groups is 2. The molecule has 2 amide bonds. The average molecular weight is 426 g/mol. The Morgan fingerprint density at radius 1 is 1.03 bits per heavy atom. The molecule has 1 atom stereocenters. The van der Waals surface area contributed by atoms with Crippen LogP contribution in [0.15, 0.2) is 66.7 Å². The molecule has 1 aliphatic rings. The first-order valence-electron chi connectivity index (χ1n) is 9.42. The van der Waals surface area contributed by atoms with E-state index >= 15 is 0 Å². The maximum Gasteiger partial charge on any atom is 0.416 e. The number of halogens is 3. The third-order valence-corrected chi connectivity index (χ3v) is 4.86. The minimum Gasteiger partial charge on any atom is -0.479 e. The van der Waals surface area contributed by atoms with Gasteiger partial charge in [-0.2, -0.15) is 13.2 Å². The summed E-state index contributed by atoms with van der Waals surface area (Å²) in [5.41, 5.74) is 1.40. The second-order valence-electron chi connectivity index (χ2n) is 7.04. The molecule has 0 aliphatic carbocycles. The van der Waals surface area contributed by atoms with Crippen LogP contribution in [0.2, 0.25) is 0 Å². The van der Waals surface area contributed by atoms with Crippen LogP contribution in [-0.2, 0) is 11.0 Å². The van der Waals surface area contributed by atoms with Crippen molar-refractivity contribution in [1.82, 2.24) is 0 Å². The molecular formula is C23H17F3N2O3. The molecule has 3 aromatic carbocycles. The topological polar surface area (TPSA) is 67.4 Å². The first-order valence-corrected chi connectivity index (χ1v) is 9.42. The lowest BCUT2D eigenvalue weighted by atomic mass is 9.98. The summed E-state index contributed by atoms with van der Waals surface area (Å²) in [6, 6.07) is 16.1. The number of nitrogens with one attached hydrogen (secondary N) is 2. The van der Waals surface area contributed by atoms with Crippen LogP contribution < -0.4 is 15.4 Å². The molecule has 0 saturated heterocycles. The summed E-state index contributed by atoms with van der Waals surface area (Å²) >= 11 is 0. The maximum absolute atomic E-state index is 12.9. The van der Waals surface area contributed by atoms with Crippen molar-refractivity contribution in [2.45, 2.75) is 19.2 Å². The summed E-state index contributed by atoms with van der Waals surface area (Å²) in [4.78, 5) is 24.7. The third-order valence-electron chi connectivity index (χ3n) is 4.86. The summed E-state index contributed by atoms with van der Waals surface area (Å²) in [6.07, 6.45) is -5.04. The van der Waals surface area contributed by atoms with Crippen molar-refractivity contribution in [3.8, 4) is 16.9 Å². The van der Waals surface area contributed by atoms with Crippen molar-refractivity contribution in [3.63, 3.8) is 0 Å². The molecule has 0 spiro atoms. The largest absolute Gasteiger partial charge is 0.479 e. The molecule has 1 aliphatic heterocycles. The molecule has 158 valence electrons. The number of amides is 2. The van der Waals surface area contributed by atoms with Crippen molar-refractivity contribution in [2.24, 2.45) is 0 Å². The number of alkyl halides is 3. The fraction of sp³-hybridized carbons (Fsp3) is 0.130. The highest BCUT2D eigenvalue weighted by molar-refractivity contribution is 6.09. The standard InChI is InChI=1S/C23H17F3N2O3/c1-13-21(29)28-19-12-16(10-11-20(19)31-13)27-22(30)18-5-3-2-4-17(18)14-6-8-15(9-7-14)23(24,25)26/h2-13H,1H3,(H,27,30)(H,28,29)/t13-/m0/s1. The Morgan fingerprint density at radius 2 is 1.74 bits per heavy atom. The van der Waals surface area contributed by atoms with E-state index in [0.29, 0.717) is 33.8 Å². The van der Waals surface area contributed by atoms with Gasteiger partial charge in [-0.3, -0.25) is 9.59 Å². The Kier molecular flexibility index (Phi) is 5.14. The Labute approximate surface area is 175 Å². The fourth-order valence-corrected chi connectivity index (χ4v) is 3.26. The van der Waals surface area contributed by atoms with Gasteiger partial charge in [0.25, 0.3) is 11.8 Å². The van der Waals surface area contributed by atoms with Gasteiger partial charge < -0.3 is 15.4 Å². The Balaban J connectivity index is 1.59. The lowest BCUT2D eigenvalue weighted by Crippen LogP contribution is -2.34. The van der Waals surface area contributed by atoms with Crippen LogP contribution in [0.5, 0.6) is 5.75 Å². The highest BCUT2D eigenvalue weighted by atomic mass is 19.4. The minimum atomic E-state index is -4.43. The molecule has 1 heterocycles. The predicted molar refractivity (Wildman–Crippen MR) is 110 cm³/mol. The second kappa shape index (κ2) is 7.79. The molecule has 5 nitrogen and oxygen atoms in total. The van der Waals surface area contributed by atoms with Crippen molar-refractivity contribution in [3.05, 3.63) is 77.9 Å². The highest BCUT2D eigenvalue weighted by Crippen LogP contribution is 2.34. The van der Waals surface area contributed by atoms with Gasteiger partial charge in [-0.15, -0.1) is 0 Å². The van der Waals surface area contributed by atoms with Gasteiger partial charge in [-0.25, -0.2) is 0 Å². The van der Waals surface area contributed by atoms with E-state index in [1.54, 1.807) is 49.4 Å². The van der Waals surface area contributed by atoms with Crippen molar-refractivity contribution in [2.75, 3.05) is 10.6 Å². The number of carbonyl (C=O) groups excluding carboxylic acids is 2. The molecule has 0 aromatic heterocycles. The number of hydrogen-bond donors (Lipinski definition) is 2. The lowest BCUT2D eigenvalue weighted by Gasteiger charge is -2.23. The lowest BCUT2D eigenvalue weighted by molar-refractivity contribution is -0.137. The van der Waals surface area contributed by atoms with Gasteiger partial charge >= 0.3 is 6.18 Å². The highest BCUT2D eigenvalue weighted by Gasteiger charge is 2.30. The minimum absolute atomic E-state index is 0.288. The predicted octanol–water partition coefficient (Wildman–Crippen LogP) is 5.34. The summed E-state index contributed by atoms with van der Waals surface area (Å²) < 4.78 is 44.0. The molecule has 2 N–H and O–H groups in total. The van der Waals surface area contributed by atoms with Crippen LogP contribution in [0.25, 0.3) is 11.1 Å². The first-order chi connectivity index (χ1) is 14.7. The summed E-state index contributed by atoms with van der Waals surface area (Å²) in [7, 11) is 0. The van der Waals surface area contributed by atoms with Gasteiger partial charge in [0, 0.05) is 11.3 Å². The van der Waals surface area contributed by atoms with E-state index in [4.69, 9.17) is 4.74 Å². The van der Waals surface area contributed by atoms with Gasteiger partial charge in [-0.1, -0.05) is 30.3 Å². The second-order valence-corrected chi connectivity index (χ2v) is 7.04.